The minimum atomic E-state index is -0.297. The Labute approximate surface area is 160 Å². The number of nitrogens with zero attached hydrogens (tertiary/aromatic N) is 1. The second kappa shape index (κ2) is 7.71. The van der Waals surface area contributed by atoms with Crippen LogP contribution in [-0.4, -0.2) is 44.0 Å². The summed E-state index contributed by atoms with van der Waals surface area (Å²) in [5.74, 6) is 1.37. The van der Waals surface area contributed by atoms with E-state index in [1.54, 1.807) is 0 Å². The molecule has 2 fully saturated rings. The van der Waals surface area contributed by atoms with Crippen molar-refractivity contribution in [1.82, 2.24) is 15.5 Å². The Morgan fingerprint density at radius 3 is 2.85 bits per heavy atom. The van der Waals surface area contributed by atoms with Gasteiger partial charge in [0, 0.05) is 44.2 Å². The van der Waals surface area contributed by atoms with Crippen LogP contribution in [0.1, 0.15) is 11.1 Å². The van der Waals surface area contributed by atoms with Gasteiger partial charge in [-0.3, -0.25) is 4.79 Å². The van der Waals surface area contributed by atoms with Gasteiger partial charge in [-0.1, -0.05) is 48.5 Å². The topological polar surface area (TPSA) is 53.6 Å². The molecule has 0 aliphatic carbocycles. The number of para-hydroxylation sites is 1. The fourth-order valence-corrected chi connectivity index (χ4v) is 4.37. The van der Waals surface area contributed by atoms with E-state index in [1.807, 2.05) is 54.6 Å². The first-order chi connectivity index (χ1) is 13.2. The predicted octanol–water partition coefficient (Wildman–Crippen LogP) is 2.03. The van der Waals surface area contributed by atoms with Gasteiger partial charge in [-0.2, -0.15) is 0 Å². The maximum absolute atomic E-state index is 13.0. The summed E-state index contributed by atoms with van der Waals surface area (Å²) < 4.78 is 6.01. The van der Waals surface area contributed by atoms with Crippen molar-refractivity contribution in [3.05, 3.63) is 65.7 Å². The fourth-order valence-electron chi connectivity index (χ4n) is 4.37. The molecule has 2 aliphatic heterocycles. The van der Waals surface area contributed by atoms with Crippen LogP contribution >= 0.6 is 0 Å². The molecule has 4 rings (SSSR count). The molecular weight excluding hydrogens is 338 g/mol. The SMILES string of the molecule is CN1C[C@H]2CNC[C@@]2(C(=O)NCc2ccccc2OCc2ccccc2)C1. The highest BCUT2D eigenvalue weighted by Gasteiger charge is 2.53. The third-order valence-electron chi connectivity index (χ3n) is 5.80. The molecule has 0 bridgehead atoms. The number of rotatable bonds is 6. The van der Waals surface area contributed by atoms with Gasteiger partial charge in [-0.05, 0) is 18.7 Å². The van der Waals surface area contributed by atoms with E-state index in [2.05, 4.69) is 22.6 Å². The molecule has 2 aliphatic rings. The van der Waals surface area contributed by atoms with Gasteiger partial charge < -0.3 is 20.3 Å². The first-order valence-electron chi connectivity index (χ1n) is 9.59. The van der Waals surface area contributed by atoms with Crippen molar-refractivity contribution in [3.8, 4) is 5.75 Å². The van der Waals surface area contributed by atoms with Gasteiger partial charge in [0.25, 0.3) is 0 Å². The number of likely N-dealkylation sites (tertiary alicyclic amines) is 1. The van der Waals surface area contributed by atoms with Crippen LogP contribution in [-0.2, 0) is 17.9 Å². The molecule has 142 valence electrons. The molecule has 0 spiro atoms. The largest absolute Gasteiger partial charge is 0.489 e. The third-order valence-corrected chi connectivity index (χ3v) is 5.80. The van der Waals surface area contributed by atoms with Crippen molar-refractivity contribution in [3.63, 3.8) is 0 Å². The number of benzene rings is 2. The lowest BCUT2D eigenvalue weighted by Gasteiger charge is -2.26. The molecule has 0 radical (unpaired) electrons. The van der Waals surface area contributed by atoms with Crippen LogP contribution in [0, 0.1) is 11.3 Å². The summed E-state index contributed by atoms with van der Waals surface area (Å²) >= 11 is 0. The van der Waals surface area contributed by atoms with Crippen LogP contribution < -0.4 is 15.4 Å². The lowest BCUT2D eigenvalue weighted by Crippen LogP contribution is -2.46. The van der Waals surface area contributed by atoms with E-state index in [-0.39, 0.29) is 11.3 Å². The maximum atomic E-state index is 13.0. The Bertz CT molecular complexity index is 795. The van der Waals surface area contributed by atoms with Gasteiger partial charge in [0.15, 0.2) is 0 Å². The molecule has 1 amide bonds. The van der Waals surface area contributed by atoms with Crippen molar-refractivity contribution >= 4 is 5.91 Å². The number of hydrogen-bond acceptors (Lipinski definition) is 4. The molecule has 0 aromatic heterocycles. The van der Waals surface area contributed by atoms with Gasteiger partial charge in [-0.15, -0.1) is 0 Å². The first-order valence-corrected chi connectivity index (χ1v) is 9.59. The standard InChI is InChI=1S/C22H27N3O2/c1-25-13-19-12-23-15-22(19,16-25)21(26)24-11-18-9-5-6-10-20(18)27-14-17-7-3-2-4-8-17/h2-10,19,23H,11-16H2,1H3,(H,24,26)/t19-,22-/m1/s1. The minimum absolute atomic E-state index is 0.153. The van der Waals surface area contributed by atoms with Crippen molar-refractivity contribution < 1.29 is 9.53 Å². The van der Waals surface area contributed by atoms with E-state index in [0.717, 1.165) is 43.1 Å². The number of hydrogen-bond donors (Lipinski definition) is 2. The molecule has 2 N–H and O–H groups in total. The summed E-state index contributed by atoms with van der Waals surface area (Å²) in [5.41, 5.74) is 1.84. The highest BCUT2D eigenvalue weighted by Crippen LogP contribution is 2.38. The molecule has 5 heteroatoms. The van der Waals surface area contributed by atoms with Crippen LogP contribution in [0.3, 0.4) is 0 Å². The van der Waals surface area contributed by atoms with Crippen molar-refractivity contribution in [1.29, 1.82) is 0 Å². The second-order valence-corrected chi connectivity index (χ2v) is 7.75. The third kappa shape index (κ3) is 3.70. The maximum Gasteiger partial charge on any atom is 0.229 e. The zero-order chi connectivity index (χ0) is 18.7. The summed E-state index contributed by atoms with van der Waals surface area (Å²) in [6.07, 6.45) is 0. The number of amides is 1. The molecule has 2 aromatic carbocycles. The average molecular weight is 365 g/mol. The Morgan fingerprint density at radius 2 is 2.00 bits per heavy atom. The van der Waals surface area contributed by atoms with Crippen molar-refractivity contribution in [2.45, 2.75) is 13.2 Å². The van der Waals surface area contributed by atoms with E-state index < -0.39 is 0 Å². The van der Waals surface area contributed by atoms with Gasteiger partial charge >= 0.3 is 0 Å². The second-order valence-electron chi connectivity index (χ2n) is 7.75. The zero-order valence-corrected chi connectivity index (χ0v) is 15.8. The summed E-state index contributed by atoms with van der Waals surface area (Å²) in [7, 11) is 2.10. The number of fused-ring (bicyclic) bond motifs is 1. The van der Waals surface area contributed by atoms with Crippen LogP contribution in [0.4, 0.5) is 0 Å². The van der Waals surface area contributed by atoms with E-state index in [0.29, 0.717) is 19.1 Å². The quantitative estimate of drug-likeness (QED) is 0.823. The monoisotopic (exact) mass is 365 g/mol. The summed E-state index contributed by atoms with van der Waals surface area (Å²) in [5, 5.41) is 6.58. The molecule has 2 atom stereocenters. The Kier molecular flexibility index (Phi) is 5.14. The van der Waals surface area contributed by atoms with Gasteiger partial charge in [-0.25, -0.2) is 0 Å². The molecule has 5 nitrogen and oxygen atoms in total. The Hall–Kier alpha value is -2.37. The minimum Gasteiger partial charge on any atom is -0.489 e. The lowest BCUT2D eigenvalue weighted by molar-refractivity contribution is -0.130. The highest BCUT2D eigenvalue weighted by atomic mass is 16.5. The molecule has 0 unspecified atom stereocenters. The van der Waals surface area contributed by atoms with E-state index in [9.17, 15) is 4.79 Å². The molecular formula is C22H27N3O2. The predicted molar refractivity (Wildman–Crippen MR) is 105 cm³/mol. The number of nitrogens with one attached hydrogen (secondary N) is 2. The smallest absolute Gasteiger partial charge is 0.229 e. The molecule has 27 heavy (non-hydrogen) atoms. The van der Waals surface area contributed by atoms with Crippen LogP contribution in [0.2, 0.25) is 0 Å². The van der Waals surface area contributed by atoms with Crippen LogP contribution in [0.5, 0.6) is 5.75 Å². The van der Waals surface area contributed by atoms with E-state index in [1.165, 1.54) is 0 Å². The Morgan fingerprint density at radius 1 is 1.22 bits per heavy atom. The molecule has 0 saturated carbocycles. The molecule has 2 aromatic rings. The van der Waals surface area contributed by atoms with Gasteiger partial charge in [0.1, 0.15) is 12.4 Å². The summed E-state index contributed by atoms with van der Waals surface area (Å²) in [4.78, 5) is 15.3. The lowest BCUT2D eigenvalue weighted by atomic mass is 9.80. The fraction of sp³-hybridized carbons (Fsp3) is 0.409. The molecule has 2 saturated heterocycles. The van der Waals surface area contributed by atoms with Gasteiger partial charge in [0.05, 0.1) is 5.41 Å². The van der Waals surface area contributed by atoms with Gasteiger partial charge in [0.2, 0.25) is 5.91 Å². The van der Waals surface area contributed by atoms with E-state index in [4.69, 9.17) is 4.74 Å². The summed E-state index contributed by atoms with van der Waals surface area (Å²) in [6, 6.07) is 18.0. The van der Waals surface area contributed by atoms with Crippen molar-refractivity contribution in [2.24, 2.45) is 11.3 Å². The Balaban J connectivity index is 1.40. The summed E-state index contributed by atoms with van der Waals surface area (Å²) in [6.45, 7) is 4.50. The van der Waals surface area contributed by atoms with Crippen LogP contribution in [0.15, 0.2) is 54.6 Å². The van der Waals surface area contributed by atoms with Crippen molar-refractivity contribution in [2.75, 3.05) is 33.2 Å². The van der Waals surface area contributed by atoms with Crippen LogP contribution in [0.25, 0.3) is 0 Å². The number of ether oxygens (including phenoxy) is 1. The first kappa shape index (κ1) is 18.0. The molecule has 2 heterocycles. The normalized spacial score (nSPS) is 24.6. The average Bonchev–Trinajstić information content (AvgIpc) is 3.23. The van der Waals surface area contributed by atoms with E-state index >= 15 is 0 Å². The zero-order valence-electron chi connectivity index (χ0n) is 15.8. The number of carbonyl (C=O) groups excluding carboxylic acids is 1. The number of carbonyl (C=O) groups is 1. The highest BCUT2D eigenvalue weighted by molar-refractivity contribution is 5.84.